The molecule has 0 bridgehead atoms. The lowest BCUT2D eigenvalue weighted by Gasteiger charge is -2.28. The van der Waals surface area contributed by atoms with E-state index in [1.54, 1.807) is 0 Å². The van der Waals surface area contributed by atoms with Gasteiger partial charge in [0.25, 0.3) is 0 Å². The van der Waals surface area contributed by atoms with Crippen LogP contribution in [0.1, 0.15) is 51.9 Å². The lowest BCUT2D eigenvalue weighted by atomic mass is 9.81. The molecule has 0 amide bonds. The van der Waals surface area contributed by atoms with Crippen molar-refractivity contribution < 1.29 is 0 Å². The summed E-state index contributed by atoms with van der Waals surface area (Å²) in [7, 11) is 0. The van der Waals surface area contributed by atoms with Crippen molar-refractivity contribution in [3.05, 3.63) is 0 Å². The first-order valence-electron chi connectivity index (χ1n) is 6.55. The summed E-state index contributed by atoms with van der Waals surface area (Å²) < 4.78 is 0. The Labute approximate surface area is 99.8 Å². The second-order valence-electron chi connectivity index (χ2n) is 4.94. The fraction of sp³-hybridized carbons (Fsp3) is 1.00. The maximum absolute atomic E-state index is 3.65. The minimum absolute atomic E-state index is 0.746. The molecule has 0 radical (unpaired) electrons. The van der Waals surface area contributed by atoms with Gasteiger partial charge in [0.05, 0.1) is 0 Å². The van der Waals surface area contributed by atoms with Gasteiger partial charge in [0.15, 0.2) is 0 Å². The van der Waals surface area contributed by atoms with Crippen molar-refractivity contribution in [1.29, 1.82) is 0 Å². The third kappa shape index (κ3) is 6.47. The van der Waals surface area contributed by atoms with Crippen molar-refractivity contribution >= 4 is 11.8 Å². The second-order valence-corrected chi connectivity index (χ2v) is 5.93. The zero-order valence-electron chi connectivity index (χ0n) is 10.4. The van der Waals surface area contributed by atoms with E-state index >= 15 is 0 Å². The molecule has 90 valence electrons. The van der Waals surface area contributed by atoms with Crippen LogP contribution in [0.2, 0.25) is 0 Å². The van der Waals surface area contributed by atoms with Gasteiger partial charge < -0.3 is 5.32 Å². The third-order valence-electron chi connectivity index (χ3n) is 3.43. The summed E-state index contributed by atoms with van der Waals surface area (Å²) in [6.45, 7) is 3.57. The molecule has 0 saturated heterocycles. The van der Waals surface area contributed by atoms with E-state index in [2.05, 4.69) is 18.5 Å². The number of thioether (sulfide) groups is 1. The van der Waals surface area contributed by atoms with E-state index < -0.39 is 0 Å². The lowest BCUT2D eigenvalue weighted by Crippen LogP contribution is -2.30. The molecule has 0 aromatic heterocycles. The summed E-state index contributed by atoms with van der Waals surface area (Å²) in [5.41, 5.74) is 0. The molecule has 0 aromatic rings. The zero-order chi connectivity index (χ0) is 10.9. The van der Waals surface area contributed by atoms with Gasteiger partial charge in [-0.25, -0.2) is 0 Å². The summed E-state index contributed by atoms with van der Waals surface area (Å²) in [4.78, 5) is 0. The first-order chi connectivity index (χ1) is 7.33. The molecule has 1 rings (SSSR count). The van der Waals surface area contributed by atoms with E-state index in [9.17, 15) is 0 Å². The maximum Gasteiger partial charge on any atom is 0.00413 e. The Morgan fingerprint density at radius 3 is 2.67 bits per heavy atom. The Hall–Kier alpha value is 0.310. The van der Waals surface area contributed by atoms with Gasteiger partial charge in [-0.2, -0.15) is 11.8 Å². The minimum atomic E-state index is 0.746. The lowest BCUT2D eigenvalue weighted by molar-refractivity contribution is 0.266. The van der Waals surface area contributed by atoms with Gasteiger partial charge in [-0.05, 0) is 50.7 Å². The number of hydrogen-bond acceptors (Lipinski definition) is 2. The summed E-state index contributed by atoms with van der Waals surface area (Å²) in [5.74, 6) is 2.38. The predicted octanol–water partition coefficient (Wildman–Crippen LogP) is 3.69. The third-order valence-corrected chi connectivity index (χ3v) is 4.13. The fourth-order valence-corrected chi connectivity index (χ4v) is 2.70. The van der Waals surface area contributed by atoms with Crippen LogP contribution < -0.4 is 5.32 Å². The molecule has 1 unspecified atom stereocenters. The molecular formula is C13H27NS. The van der Waals surface area contributed by atoms with Gasteiger partial charge in [0.2, 0.25) is 0 Å². The van der Waals surface area contributed by atoms with Crippen molar-refractivity contribution in [3.8, 4) is 0 Å². The standard InChI is InChI=1S/C13H27NS/c1-12(11-13-7-6-8-13)14-9-4-3-5-10-15-2/h12-14H,3-11H2,1-2H3. The van der Waals surface area contributed by atoms with E-state index in [-0.39, 0.29) is 0 Å². The van der Waals surface area contributed by atoms with Crippen LogP contribution in [0.4, 0.5) is 0 Å². The van der Waals surface area contributed by atoms with Gasteiger partial charge >= 0.3 is 0 Å². The quantitative estimate of drug-likeness (QED) is 0.605. The zero-order valence-corrected chi connectivity index (χ0v) is 11.2. The highest BCUT2D eigenvalue weighted by Crippen LogP contribution is 2.30. The van der Waals surface area contributed by atoms with Gasteiger partial charge in [-0.15, -0.1) is 0 Å². The smallest absolute Gasteiger partial charge is 0.00413 e. The Bertz CT molecular complexity index is 145. The summed E-state index contributed by atoms with van der Waals surface area (Å²) in [6, 6.07) is 0.746. The number of hydrogen-bond donors (Lipinski definition) is 1. The molecule has 15 heavy (non-hydrogen) atoms. The topological polar surface area (TPSA) is 12.0 Å². The van der Waals surface area contributed by atoms with E-state index in [1.807, 2.05) is 11.8 Å². The molecule has 1 atom stereocenters. The summed E-state index contributed by atoms with van der Waals surface area (Å²) in [6.07, 6.45) is 12.2. The predicted molar refractivity (Wildman–Crippen MR) is 71.7 cm³/mol. The van der Waals surface area contributed by atoms with Crippen LogP contribution in [0.3, 0.4) is 0 Å². The molecule has 0 aromatic carbocycles. The highest BCUT2D eigenvalue weighted by molar-refractivity contribution is 7.98. The highest BCUT2D eigenvalue weighted by atomic mass is 32.2. The first kappa shape index (κ1) is 13.4. The van der Waals surface area contributed by atoms with Crippen molar-refractivity contribution in [2.75, 3.05) is 18.6 Å². The Balaban J connectivity index is 1.81. The molecule has 1 aliphatic carbocycles. The molecule has 1 fully saturated rings. The minimum Gasteiger partial charge on any atom is -0.314 e. The number of nitrogens with one attached hydrogen (secondary N) is 1. The van der Waals surface area contributed by atoms with Gasteiger partial charge in [-0.3, -0.25) is 0 Å². The molecule has 0 spiro atoms. The molecule has 1 saturated carbocycles. The van der Waals surface area contributed by atoms with Crippen LogP contribution in [-0.2, 0) is 0 Å². The first-order valence-corrected chi connectivity index (χ1v) is 7.94. The van der Waals surface area contributed by atoms with Gasteiger partial charge in [0.1, 0.15) is 0 Å². The highest BCUT2D eigenvalue weighted by Gasteiger charge is 2.19. The maximum atomic E-state index is 3.65. The average molecular weight is 229 g/mol. The van der Waals surface area contributed by atoms with Crippen LogP contribution in [0, 0.1) is 5.92 Å². The van der Waals surface area contributed by atoms with E-state index in [1.165, 1.54) is 57.2 Å². The van der Waals surface area contributed by atoms with E-state index in [0.717, 1.165) is 12.0 Å². The summed E-state index contributed by atoms with van der Waals surface area (Å²) in [5, 5.41) is 3.65. The van der Waals surface area contributed by atoms with E-state index in [4.69, 9.17) is 0 Å². The Morgan fingerprint density at radius 2 is 2.07 bits per heavy atom. The van der Waals surface area contributed by atoms with Crippen molar-refractivity contribution in [1.82, 2.24) is 5.32 Å². The van der Waals surface area contributed by atoms with Crippen LogP contribution in [0.5, 0.6) is 0 Å². The molecule has 1 N–H and O–H groups in total. The molecule has 1 aliphatic rings. The Kier molecular flexibility index (Phi) is 7.54. The molecule has 1 nitrogen and oxygen atoms in total. The largest absolute Gasteiger partial charge is 0.314 e. The summed E-state index contributed by atoms with van der Waals surface area (Å²) >= 11 is 1.96. The van der Waals surface area contributed by atoms with Crippen LogP contribution >= 0.6 is 11.8 Å². The molecule has 0 aliphatic heterocycles. The normalized spacial score (nSPS) is 18.8. The van der Waals surface area contributed by atoms with Crippen LogP contribution in [0.25, 0.3) is 0 Å². The van der Waals surface area contributed by atoms with E-state index in [0.29, 0.717) is 0 Å². The fourth-order valence-electron chi connectivity index (χ4n) is 2.21. The average Bonchev–Trinajstić information content (AvgIpc) is 2.17. The van der Waals surface area contributed by atoms with Gasteiger partial charge in [-0.1, -0.05) is 25.7 Å². The van der Waals surface area contributed by atoms with Crippen molar-refractivity contribution in [3.63, 3.8) is 0 Å². The Morgan fingerprint density at radius 1 is 1.27 bits per heavy atom. The SMILES string of the molecule is CSCCCCCNC(C)CC1CCC1. The monoisotopic (exact) mass is 229 g/mol. The van der Waals surface area contributed by atoms with Gasteiger partial charge in [0, 0.05) is 6.04 Å². The molecule has 0 heterocycles. The van der Waals surface area contributed by atoms with Crippen LogP contribution in [-0.4, -0.2) is 24.6 Å². The molecule has 2 heteroatoms. The van der Waals surface area contributed by atoms with Crippen molar-refractivity contribution in [2.24, 2.45) is 5.92 Å². The molecular weight excluding hydrogens is 202 g/mol. The number of rotatable bonds is 9. The number of unbranched alkanes of at least 4 members (excludes halogenated alkanes) is 2. The van der Waals surface area contributed by atoms with Crippen LogP contribution in [0.15, 0.2) is 0 Å². The van der Waals surface area contributed by atoms with Crippen molar-refractivity contribution in [2.45, 2.75) is 57.9 Å². The second kappa shape index (κ2) is 8.46.